The van der Waals surface area contributed by atoms with Crippen molar-refractivity contribution in [3.8, 4) is 32.8 Å². The molecule has 0 unspecified atom stereocenters. The maximum Gasteiger partial charge on any atom is 0.146 e. The second kappa shape index (κ2) is 13.4. The molecule has 0 atom stereocenters. The molecule has 0 N–H and O–H groups in total. The van der Waals surface area contributed by atoms with Gasteiger partial charge in [0.25, 0.3) is 0 Å². The second-order valence-corrected chi connectivity index (χ2v) is 19.1. The smallest absolute Gasteiger partial charge is 0.146 e. The number of fused-ring (bicyclic) bond motifs is 6. The number of nitrogens with zero attached hydrogens (tertiary/aromatic N) is 8. The van der Waals surface area contributed by atoms with Crippen LogP contribution in [-0.2, 0) is 0 Å². The molecule has 1 aromatic heterocycles. The van der Waals surface area contributed by atoms with Crippen molar-refractivity contribution in [2.45, 2.75) is 58.5 Å². The number of rotatable bonds is 6. The molecule has 0 fully saturated rings. The zero-order valence-electron chi connectivity index (χ0n) is 35.8. The molecule has 0 aliphatic carbocycles. The minimum atomic E-state index is -0.704. The average molecular weight is 835 g/mol. The summed E-state index contributed by atoms with van der Waals surface area (Å²) in [4.78, 5) is 39.0. The molecule has 0 spiro atoms. The molecule has 3 aliphatic heterocycles. The quantitative estimate of drug-likeness (QED) is 0.156. The molecule has 304 valence electrons. The summed E-state index contributed by atoms with van der Waals surface area (Å²) in [6, 6.07) is 51.5. The Hall–Kier alpha value is -7.23. The summed E-state index contributed by atoms with van der Waals surface area (Å²) in [5.41, 5.74) is 7.03. The number of benzene rings is 8. The number of hydrogen-bond acceptors (Lipinski definition) is 9. The van der Waals surface area contributed by atoms with Crippen molar-refractivity contribution in [3.05, 3.63) is 178 Å². The first-order valence-electron chi connectivity index (χ1n) is 21.4. The topological polar surface area (TPSA) is 90.3 Å². The van der Waals surface area contributed by atoms with E-state index >= 15 is 0 Å². The molecule has 63 heavy (non-hydrogen) atoms. The fraction of sp³-hybridized carbons (Fsp3) is 0.167. The van der Waals surface area contributed by atoms with Crippen LogP contribution < -0.4 is 37.0 Å². The first-order chi connectivity index (χ1) is 30.4. The maximum atomic E-state index is 5.44. The number of aromatic nitrogens is 1. The van der Waals surface area contributed by atoms with Crippen LogP contribution >= 0.6 is 11.3 Å². The highest BCUT2D eigenvalue weighted by molar-refractivity contribution is 7.21. The van der Waals surface area contributed by atoms with Gasteiger partial charge < -0.3 is 4.90 Å². The molecule has 8 aromatic carbocycles. The highest BCUT2D eigenvalue weighted by Gasteiger charge is 2.31. The molecule has 9 heteroatoms. The largest absolute Gasteiger partial charge is 0.304 e. The van der Waals surface area contributed by atoms with E-state index in [1.165, 1.54) is 26.2 Å². The zero-order chi connectivity index (χ0) is 42.8. The van der Waals surface area contributed by atoms with E-state index in [0.29, 0.717) is 0 Å². The number of hydrogen-bond donors (Lipinski definition) is 0. The van der Waals surface area contributed by atoms with Crippen LogP contribution in [0.15, 0.2) is 176 Å². The van der Waals surface area contributed by atoms with Gasteiger partial charge in [-0.2, -0.15) is 0 Å². The monoisotopic (exact) mass is 834 g/mol. The lowest BCUT2D eigenvalue weighted by Gasteiger charge is -2.26. The highest BCUT2D eigenvalue weighted by Crippen LogP contribution is 2.38. The Morgan fingerprint density at radius 2 is 0.952 bits per heavy atom. The molecule has 3 aliphatic rings. The minimum Gasteiger partial charge on any atom is -0.304 e. The van der Waals surface area contributed by atoms with Gasteiger partial charge in [-0.05, 0) is 129 Å². The number of anilines is 3. The summed E-state index contributed by atoms with van der Waals surface area (Å²) in [7, 11) is 0. The Morgan fingerprint density at radius 3 is 1.62 bits per heavy atom. The third-order valence-corrected chi connectivity index (χ3v) is 13.2. The lowest BCUT2D eigenvalue weighted by atomic mass is 9.91. The van der Waals surface area contributed by atoms with E-state index in [1.807, 2.05) is 26.0 Å². The molecule has 0 bridgehead atoms. The first kappa shape index (κ1) is 37.5. The van der Waals surface area contributed by atoms with Crippen LogP contribution in [0.25, 0.3) is 64.6 Å². The average Bonchev–Trinajstić information content (AvgIpc) is 4.02. The Bertz CT molecular complexity index is 3760. The molecule has 0 radical (unpaired) electrons. The van der Waals surface area contributed by atoms with Crippen LogP contribution in [0.4, 0.5) is 17.1 Å². The molecule has 12 rings (SSSR count). The van der Waals surface area contributed by atoms with Gasteiger partial charge in [0.15, 0.2) is 0 Å². The standard InChI is InChI=1S/C54H42N8S/c1-52(2)56-40-19-13-20-41(48(40)59-52)62(43-29-27-38(47-50(43)61-54(5,6)58-47)45-35-16-9-7-14-33(35)30-34-15-8-10-17-36(34)45)42-28-26-37(46-49(42)60-53(3,4)57-46)31-22-24-32(25-23-31)51-55-39-18-11-12-21-44(39)63-51/h7-30H,1-6H3. The van der Waals surface area contributed by atoms with E-state index in [2.05, 4.69) is 166 Å². The van der Waals surface area contributed by atoms with Crippen molar-refractivity contribution in [1.82, 2.24) is 4.98 Å². The molecule has 4 heterocycles. The zero-order valence-corrected chi connectivity index (χ0v) is 36.7. The Balaban J connectivity index is 1.10. The van der Waals surface area contributed by atoms with Crippen molar-refractivity contribution < 1.29 is 0 Å². The first-order valence-corrected chi connectivity index (χ1v) is 22.2. The van der Waals surface area contributed by atoms with Gasteiger partial charge in [-0.25, -0.2) is 4.98 Å². The summed E-state index contributed by atoms with van der Waals surface area (Å²) in [5.74, 6) is 0. The van der Waals surface area contributed by atoms with Crippen molar-refractivity contribution in [1.29, 1.82) is 0 Å². The molecule has 9 aromatic rings. The van der Waals surface area contributed by atoms with Crippen LogP contribution in [0.1, 0.15) is 41.5 Å². The van der Waals surface area contributed by atoms with Gasteiger partial charge in [-0.1, -0.05) is 91.0 Å². The molecule has 0 saturated carbocycles. The van der Waals surface area contributed by atoms with Crippen LogP contribution in [0.3, 0.4) is 0 Å². The van der Waals surface area contributed by atoms with Crippen molar-refractivity contribution in [3.63, 3.8) is 0 Å². The van der Waals surface area contributed by atoms with Crippen LogP contribution in [0.2, 0.25) is 0 Å². The van der Waals surface area contributed by atoms with Crippen LogP contribution in [-0.4, -0.2) is 22.0 Å². The fourth-order valence-electron chi connectivity index (χ4n) is 9.50. The fourth-order valence-corrected chi connectivity index (χ4v) is 10.5. The van der Waals surface area contributed by atoms with Crippen molar-refractivity contribution in [2.75, 3.05) is 4.90 Å². The van der Waals surface area contributed by atoms with Gasteiger partial charge in [0.2, 0.25) is 0 Å². The summed E-state index contributed by atoms with van der Waals surface area (Å²) in [6.45, 7) is 12.4. The third kappa shape index (κ3) is 6.13. The van der Waals surface area contributed by atoms with E-state index < -0.39 is 17.0 Å². The van der Waals surface area contributed by atoms with E-state index in [9.17, 15) is 0 Å². The van der Waals surface area contributed by atoms with Gasteiger partial charge in [-0.3, -0.25) is 30.0 Å². The second-order valence-electron chi connectivity index (χ2n) is 18.1. The van der Waals surface area contributed by atoms with E-state index in [0.717, 1.165) is 87.5 Å². The van der Waals surface area contributed by atoms with E-state index in [-0.39, 0.29) is 0 Å². The van der Waals surface area contributed by atoms with Crippen molar-refractivity contribution in [2.24, 2.45) is 30.0 Å². The predicted molar refractivity (Wildman–Crippen MR) is 255 cm³/mol. The number of thiazole rings is 1. The van der Waals surface area contributed by atoms with Gasteiger partial charge in [-0.15, -0.1) is 11.3 Å². The van der Waals surface area contributed by atoms with Crippen LogP contribution in [0.5, 0.6) is 0 Å². The van der Waals surface area contributed by atoms with Gasteiger partial charge in [0.1, 0.15) is 38.1 Å². The van der Waals surface area contributed by atoms with Crippen molar-refractivity contribution >= 4 is 60.2 Å². The predicted octanol–water partition coefficient (Wildman–Crippen LogP) is 10.0. The molecule has 0 amide bonds. The lowest BCUT2D eigenvalue weighted by Crippen LogP contribution is -2.38. The SMILES string of the molecule is CC1(C)N=c2cccc(N(c3ccc(-c4ccc(-c5nc6ccccc6s5)cc4)c4c3=NC(C)(C)N=4)c3ccc(-c4c5ccccc5cc5ccccc45)c4c3=NC(C)(C)N=4)c2=N1. The van der Waals surface area contributed by atoms with Crippen LogP contribution in [0, 0.1) is 0 Å². The lowest BCUT2D eigenvalue weighted by molar-refractivity contribution is 0.549. The minimum absolute atomic E-state index is 0.613. The Kier molecular flexibility index (Phi) is 7.97. The summed E-state index contributed by atoms with van der Waals surface area (Å²) < 4.78 is 1.18. The molecule has 8 nitrogen and oxygen atoms in total. The normalized spacial score (nSPS) is 16.0. The van der Waals surface area contributed by atoms with Gasteiger partial charge in [0.05, 0.1) is 43.4 Å². The summed E-state index contributed by atoms with van der Waals surface area (Å²) in [5, 5.41) is 10.7. The number of para-hydroxylation sites is 2. The summed E-state index contributed by atoms with van der Waals surface area (Å²) in [6.07, 6.45) is 0. The highest BCUT2D eigenvalue weighted by atomic mass is 32.1. The Morgan fingerprint density at radius 1 is 0.429 bits per heavy atom. The summed E-state index contributed by atoms with van der Waals surface area (Å²) >= 11 is 1.71. The maximum absolute atomic E-state index is 5.44. The van der Waals surface area contributed by atoms with E-state index in [1.54, 1.807) is 11.3 Å². The molecular formula is C54H42N8S. The van der Waals surface area contributed by atoms with Gasteiger partial charge in [0, 0.05) is 16.7 Å². The molecular weight excluding hydrogens is 793 g/mol. The third-order valence-electron chi connectivity index (χ3n) is 12.1. The molecule has 0 saturated heterocycles. The van der Waals surface area contributed by atoms with E-state index in [4.69, 9.17) is 34.9 Å². The van der Waals surface area contributed by atoms with Gasteiger partial charge >= 0.3 is 0 Å². The Labute approximate surface area is 367 Å².